The van der Waals surface area contributed by atoms with E-state index < -0.39 is 0 Å². The lowest BCUT2D eigenvalue weighted by Crippen LogP contribution is -3.15. The Morgan fingerprint density at radius 2 is 2.24 bits per heavy atom. The molecule has 0 bridgehead atoms. The summed E-state index contributed by atoms with van der Waals surface area (Å²) in [6.45, 7) is 8.68. The molecule has 2 N–H and O–H groups in total. The Balaban J connectivity index is 1.49. The number of nitrogens with zero attached hydrogens (tertiary/aromatic N) is 2. The van der Waals surface area contributed by atoms with Crippen LogP contribution in [0, 0.1) is 11.7 Å². The highest BCUT2D eigenvalue weighted by atomic mass is 32.2. The molecule has 1 unspecified atom stereocenters. The number of rotatable bonds is 7. The van der Waals surface area contributed by atoms with Crippen LogP contribution in [-0.2, 0) is 4.74 Å². The average Bonchev–Trinajstić information content (AvgIpc) is 3.02. The molecule has 8 heteroatoms. The van der Waals surface area contributed by atoms with Crippen molar-refractivity contribution in [3.8, 4) is 0 Å². The van der Waals surface area contributed by atoms with Crippen molar-refractivity contribution in [1.29, 1.82) is 0 Å². The minimum absolute atomic E-state index is 0.249. The highest BCUT2D eigenvalue weighted by Gasteiger charge is 2.24. The molecule has 1 aliphatic rings. The number of anilines is 2. The largest absolute Gasteiger partial charge is 0.366 e. The maximum atomic E-state index is 13.7. The molecule has 0 spiro atoms. The van der Waals surface area contributed by atoms with Gasteiger partial charge in [-0.3, -0.25) is 0 Å². The molecular weight excluding hydrogens is 359 g/mol. The molecule has 25 heavy (non-hydrogen) atoms. The van der Waals surface area contributed by atoms with Crippen molar-refractivity contribution in [3.05, 3.63) is 30.1 Å². The molecule has 136 valence electrons. The summed E-state index contributed by atoms with van der Waals surface area (Å²) in [7, 11) is 0. The van der Waals surface area contributed by atoms with E-state index in [1.165, 1.54) is 23.9 Å². The topological polar surface area (TPSA) is 51.5 Å². The summed E-state index contributed by atoms with van der Waals surface area (Å²) in [5.74, 6) is 1.28. The van der Waals surface area contributed by atoms with E-state index in [1.807, 2.05) is 0 Å². The molecule has 1 aromatic heterocycles. The van der Waals surface area contributed by atoms with E-state index in [0.29, 0.717) is 16.7 Å². The first-order valence-corrected chi connectivity index (χ1v) is 10.3. The maximum Gasteiger partial charge on any atom is 0.210 e. The third-order valence-electron chi connectivity index (χ3n) is 3.94. The zero-order valence-corrected chi connectivity index (χ0v) is 16.1. The average molecular weight is 384 g/mol. The molecule has 1 fully saturated rings. The fraction of sp³-hybridized carbons (Fsp3) is 0.529. The van der Waals surface area contributed by atoms with Crippen LogP contribution in [0.15, 0.2) is 28.6 Å². The number of benzene rings is 1. The van der Waals surface area contributed by atoms with Crippen LogP contribution in [0.4, 0.5) is 15.2 Å². The van der Waals surface area contributed by atoms with Gasteiger partial charge < -0.3 is 15.0 Å². The molecule has 0 amide bonds. The lowest BCUT2D eigenvalue weighted by molar-refractivity contribution is -0.914. The predicted octanol–water partition coefficient (Wildman–Crippen LogP) is 2.45. The zero-order chi connectivity index (χ0) is 17.6. The highest BCUT2D eigenvalue weighted by Crippen LogP contribution is 2.29. The Morgan fingerprint density at radius 3 is 3.04 bits per heavy atom. The number of halogens is 1. The van der Waals surface area contributed by atoms with Crippen molar-refractivity contribution in [2.75, 3.05) is 37.3 Å². The van der Waals surface area contributed by atoms with Gasteiger partial charge in [-0.1, -0.05) is 49.1 Å². The van der Waals surface area contributed by atoms with Gasteiger partial charge in [0.1, 0.15) is 25.0 Å². The van der Waals surface area contributed by atoms with E-state index in [-0.39, 0.29) is 11.9 Å². The van der Waals surface area contributed by atoms with Gasteiger partial charge >= 0.3 is 0 Å². The zero-order valence-electron chi connectivity index (χ0n) is 14.5. The molecular formula is C17H24FN4OS2+. The van der Waals surface area contributed by atoms with Crippen LogP contribution >= 0.6 is 23.1 Å². The van der Waals surface area contributed by atoms with Gasteiger partial charge in [0.15, 0.2) is 4.34 Å². The van der Waals surface area contributed by atoms with E-state index in [2.05, 4.69) is 29.4 Å². The molecule has 1 saturated heterocycles. The van der Waals surface area contributed by atoms with Crippen LogP contribution < -0.4 is 10.2 Å². The van der Waals surface area contributed by atoms with E-state index in [4.69, 9.17) is 4.74 Å². The predicted molar refractivity (Wildman–Crippen MR) is 100 cm³/mol. The summed E-state index contributed by atoms with van der Waals surface area (Å²) in [5, 5.41) is 11.9. The number of aromatic nitrogens is 2. The van der Waals surface area contributed by atoms with E-state index in [0.717, 1.165) is 29.8 Å². The lowest BCUT2D eigenvalue weighted by atomic mass is 10.2. The number of morpholine rings is 1. The molecule has 2 heterocycles. The number of thioether (sulfide) groups is 1. The summed E-state index contributed by atoms with van der Waals surface area (Å²) in [4.78, 5) is 1.62. The van der Waals surface area contributed by atoms with Crippen LogP contribution in [0.5, 0.6) is 0 Å². The summed E-state index contributed by atoms with van der Waals surface area (Å²) >= 11 is 3.09. The Bertz CT molecular complexity index is 682. The van der Waals surface area contributed by atoms with Crippen LogP contribution in [0.25, 0.3) is 0 Å². The molecule has 3 rings (SSSR count). The molecule has 0 saturated carbocycles. The van der Waals surface area contributed by atoms with Gasteiger partial charge in [0.2, 0.25) is 5.13 Å². The van der Waals surface area contributed by atoms with Crippen molar-refractivity contribution >= 4 is 33.9 Å². The SMILES string of the molecule is CC(C)C[NH+]1CCO[C@H](CSc2nnc(Nc3ccccc3F)s2)C1. The summed E-state index contributed by atoms with van der Waals surface area (Å²) < 4.78 is 20.4. The van der Waals surface area contributed by atoms with Crippen molar-refractivity contribution < 1.29 is 14.0 Å². The van der Waals surface area contributed by atoms with Crippen LogP contribution in [0.2, 0.25) is 0 Å². The molecule has 0 radical (unpaired) electrons. The second kappa shape index (κ2) is 8.93. The van der Waals surface area contributed by atoms with Crippen molar-refractivity contribution in [2.24, 2.45) is 5.92 Å². The van der Waals surface area contributed by atoms with Gasteiger partial charge in [0.25, 0.3) is 0 Å². The standard InChI is InChI=1S/C17H23FN4OS2/c1-12(2)9-22-7-8-23-13(10-22)11-24-17-21-20-16(25-17)19-15-6-4-3-5-14(15)18/h3-6,12-13H,7-11H2,1-2H3,(H,19,20)/p+1/t13-/m0/s1. The summed E-state index contributed by atoms with van der Waals surface area (Å²) in [5.41, 5.74) is 0.416. The highest BCUT2D eigenvalue weighted by molar-refractivity contribution is 8.01. The smallest absolute Gasteiger partial charge is 0.210 e. The molecule has 0 aliphatic carbocycles. The molecule has 5 nitrogen and oxygen atoms in total. The molecule has 2 aromatic rings. The Morgan fingerprint density at radius 1 is 1.40 bits per heavy atom. The third kappa shape index (κ3) is 5.64. The van der Waals surface area contributed by atoms with Crippen molar-refractivity contribution in [3.63, 3.8) is 0 Å². The Hall–Kier alpha value is -1.22. The van der Waals surface area contributed by atoms with E-state index >= 15 is 0 Å². The number of quaternary nitrogens is 1. The van der Waals surface area contributed by atoms with E-state index in [9.17, 15) is 4.39 Å². The monoisotopic (exact) mass is 383 g/mol. The second-order valence-corrected chi connectivity index (χ2v) is 8.83. The van der Waals surface area contributed by atoms with Gasteiger partial charge in [0, 0.05) is 11.7 Å². The van der Waals surface area contributed by atoms with Gasteiger partial charge in [-0.15, -0.1) is 10.2 Å². The number of hydrogen-bond donors (Lipinski definition) is 2. The first kappa shape index (κ1) is 18.6. The van der Waals surface area contributed by atoms with Gasteiger partial charge in [-0.05, 0) is 12.1 Å². The van der Waals surface area contributed by atoms with Crippen molar-refractivity contribution in [2.45, 2.75) is 24.3 Å². The van der Waals surface area contributed by atoms with Gasteiger partial charge in [-0.25, -0.2) is 4.39 Å². The lowest BCUT2D eigenvalue weighted by Gasteiger charge is -2.30. The van der Waals surface area contributed by atoms with Gasteiger partial charge in [0.05, 0.1) is 18.8 Å². The number of nitrogens with one attached hydrogen (secondary N) is 2. The quantitative estimate of drug-likeness (QED) is 0.720. The van der Waals surface area contributed by atoms with Gasteiger partial charge in [-0.2, -0.15) is 0 Å². The molecule has 1 aromatic carbocycles. The fourth-order valence-electron chi connectivity index (χ4n) is 2.88. The van der Waals surface area contributed by atoms with Crippen molar-refractivity contribution in [1.82, 2.24) is 10.2 Å². The normalized spacial score (nSPS) is 20.8. The number of ether oxygens (including phenoxy) is 1. The third-order valence-corrected chi connectivity index (χ3v) is 6.04. The minimum Gasteiger partial charge on any atom is -0.366 e. The van der Waals surface area contributed by atoms with Crippen LogP contribution in [0.1, 0.15) is 13.8 Å². The molecule has 2 atom stereocenters. The van der Waals surface area contributed by atoms with Crippen LogP contribution in [0.3, 0.4) is 0 Å². The summed E-state index contributed by atoms with van der Waals surface area (Å²) in [6, 6.07) is 6.56. The Labute approximate surface area is 156 Å². The molecule has 1 aliphatic heterocycles. The first-order chi connectivity index (χ1) is 12.1. The van der Waals surface area contributed by atoms with Crippen LogP contribution in [-0.4, -0.2) is 48.3 Å². The maximum absolute atomic E-state index is 13.7. The van der Waals surface area contributed by atoms with E-state index in [1.54, 1.807) is 34.9 Å². The minimum atomic E-state index is -0.296. The first-order valence-electron chi connectivity index (χ1n) is 8.53. The fourth-order valence-corrected chi connectivity index (χ4v) is 4.69. The number of hydrogen-bond acceptors (Lipinski definition) is 6. The summed E-state index contributed by atoms with van der Waals surface area (Å²) in [6.07, 6.45) is 0.249. The second-order valence-electron chi connectivity index (χ2n) is 6.58. The number of para-hydroxylation sites is 1. The Kier molecular flexibility index (Phi) is 6.63.